The fourth-order valence-corrected chi connectivity index (χ4v) is 6.25. The van der Waals surface area contributed by atoms with Gasteiger partial charge >= 0.3 is 0 Å². The Labute approximate surface area is 142 Å². The number of likely N-dealkylation sites (N-methyl/N-ethyl adjacent to an activating group) is 1. The number of hydrogen-bond donors (Lipinski definition) is 0. The van der Waals surface area contributed by atoms with Crippen LogP contribution < -0.4 is 0 Å². The van der Waals surface area contributed by atoms with E-state index in [9.17, 15) is 13.2 Å². The van der Waals surface area contributed by atoms with Gasteiger partial charge in [0.15, 0.2) is 9.84 Å². The second kappa shape index (κ2) is 6.53. The summed E-state index contributed by atoms with van der Waals surface area (Å²) < 4.78 is 23.3. The molecule has 7 heteroatoms. The van der Waals surface area contributed by atoms with Crippen molar-refractivity contribution in [2.24, 2.45) is 0 Å². The molecule has 3 heterocycles. The average molecular weight is 357 g/mol. The number of rotatable bonds is 4. The van der Waals surface area contributed by atoms with Gasteiger partial charge in [-0.25, -0.2) is 8.42 Å². The van der Waals surface area contributed by atoms with E-state index in [-0.39, 0.29) is 29.5 Å². The molecule has 2 fully saturated rings. The Morgan fingerprint density at radius 1 is 1.43 bits per heavy atom. The van der Waals surface area contributed by atoms with Gasteiger partial charge in [-0.1, -0.05) is 0 Å². The van der Waals surface area contributed by atoms with Crippen molar-refractivity contribution < 1.29 is 13.2 Å². The molecule has 1 aromatic heterocycles. The molecule has 128 valence electrons. The minimum Gasteiger partial charge on any atom is -0.340 e. The Kier molecular flexibility index (Phi) is 4.80. The molecule has 0 bridgehead atoms. The summed E-state index contributed by atoms with van der Waals surface area (Å²) >= 11 is 1.69. The highest BCUT2D eigenvalue weighted by atomic mass is 32.2. The molecular formula is C16H24N2O3S2. The summed E-state index contributed by atoms with van der Waals surface area (Å²) in [4.78, 5) is 16.8. The maximum atomic E-state index is 12.8. The number of nitrogens with zero attached hydrogens (tertiary/aromatic N) is 2. The maximum absolute atomic E-state index is 12.8. The van der Waals surface area contributed by atoms with Gasteiger partial charge < -0.3 is 4.90 Å². The summed E-state index contributed by atoms with van der Waals surface area (Å²) in [7, 11) is -1.22. The van der Waals surface area contributed by atoms with E-state index in [1.807, 2.05) is 6.92 Å². The lowest BCUT2D eigenvalue weighted by Crippen LogP contribution is -2.49. The van der Waals surface area contributed by atoms with Crippen molar-refractivity contribution in [3.8, 4) is 0 Å². The number of thiophene rings is 1. The summed E-state index contributed by atoms with van der Waals surface area (Å²) in [6.07, 6.45) is 2.74. The molecule has 0 aromatic carbocycles. The largest absolute Gasteiger partial charge is 0.340 e. The first-order valence-electron chi connectivity index (χ1n) is 8.14. The number of carbonyl (C=O) groups excluding carboxylic acids is 1. The second-order valence-corrected chi connectivity index (χ2v) is 9.64. The van der Waals surface area contributed by atoms with Crippen molar-refractivity contribution >= 4 is 27.1 Å². The highest BCUT2D eigenvalue weighted by molar-refractivity contribution is 7.91. The van der Waals surface area contributed by atoms with Gasteiger partial charge in [0, 0.05) is 19.1 Å². The van der Waals surface area contributed by atoms with E-state index in [1.165, 1.54) is 5.56 Å². The molecule has 3 atom stereocenters. The Hall–Kier alpha value is -0.920. The number of likely N-dealkylation sites (tertiary alicyclic amines) is 1. The molecule has 0 N–H and O–H groups in total. The molecule has 0 saturated carbocycles. The van der Waals surface area contributed by atoms with Crippen LogP contribution in [0.3, 0.4) is 0 Å². The molecular weight excluding hydrogens is 332 g/mol. The topological polar surface area (TPSA) is 57.7 Å². The number of hydrogen-bond acceptors (Lipinski definition) is 5. The summed E-state index contributed by atoms with van der Waals surface area (Å²) in [6, 6.07) is 2.06. The van der Waals surface area contributed by atoms with Crippen LogP contribution in [-0.4, -0.2) is 61.3 Å². The van der Waals surface area contributed by atoms with Crippen LogP contribution in [0.2, 0.25) is 0 Å². The van der Waals surface area contributed by atoms with Crippen molar-refractivity contribution in [2.45, 2.75) is 44.3 Å². The lowest BCUT2D eigenvalue weighted by atomic mass is 10.1. The molecule has 23 heavy (non-hydrogen) atoms. The van der Waals surface area contributed by atoms with Crippen LogP contribution in [0, 0.1) is 0 Å². The molecule has 1 aromatic rings. The number of amides is 1. The minimum absolute atomic E-state index is 0.0363. The van der Waals surface area contributed by atoms with E-state index < -0.39 is 9.84 Å². The third-order valence-corrected chi connectivity index (χ3v) is 7.63. The predicted octanol–water partition coefficient (Wildman–Crippen LogP) is 1.92. The fourth-order valence-electron chi connectivity index (χ4n) is 3.77. The van der Waals surface area contributed by atoms with Crippen molar-refractivity contribution in [3.63, 3.8) is 0 Å². The number of sulfone groups is 1. The van der Waals surface area contributed by atoms with Gasteiger partial charge in [-0.3, -0.25) is 9.69 Å². The quantitative estimate of drug-likeness (QED) is 0.827. The summed E-state index contributed by atoms with van der Waals surface area (Å²) in [5.74, 6) is 0.343. The van der Waals surface area contributed by atoms with E-state index >= 15 is 0 Å². The second-order valence-electron chi connectivity index (χ2n) is 6.63. The Morgan fingerprint density at radius 2 is 2.22 bits per heavy atom. The molecule has 2 aliphatic rings. The Bertz CT molecular complexity index is 657. The molecule has 0 spiro atoms. The number of carbonyl (C=O) groups is 1. The highest BCUT2D eigenvalue weighted by Gasteiger charge is 2.38. The molecule has 2 saturated heterocycles. The van der Waals surface area contributed by atoms with Crippen LogP contribution in [0.15, 0.2) is 16.8 Å². The first-order valence-corrected chi connectivity index (χ1v) is 10.9. The van der Waals surface area contributed by atoms with Gasteiger partial charge in [-0.2, -0.15) is 11.3 Å². The third-order valence-electron chi connectivity index (χ3n) is 5.18. The Balaban J connectivity index is 1.69. The van der Waals surface area contributed by atoms with Gasteiger partial charge in [-0.05, 0) is 55.1 Å². The molecule has 0 radical (unpaired) electrons. The van der Waals surface area contributed by atoms with E-state index in [0.717, 1.165) is 19.4 Å². The van der Waals surface area contributed by atoms with Gasteiger partial charge in [0.25, 0.3) is 0 Å². The van der Waals surface area contributed by atoms with Crippen LogP contribution in [0.25, 0.3) is 0 Å². The van der Waals surface area contributed by atoms with Gasteiger partial charge in [-0.15, -0.1) is 0 Å². The van der Waals surface area contributed by atoms with Crippen LogP contribution in [0.5, 0.6) is 0 Å². The molecule has 0 aliphatic carbocycles. The molecule has 1 amide bonds. The Morgan fingerprint density at radius 3 is 2.83 bits per heavy atom. The summed E-state index contributed by atoms with van der Waals surface area (Å²) in [5.41, 5.74) is 1.29. The summed E-state index contributed by atoms with van der Waals surface area (Å²) in [5, 5.41) is 4.24. The van der Waals surface area contributed by atoms with Crippen LogP contribution in [0.1, 0.15) is 37.8 Å². The lowest BCUT2D eigenvalue weighted by molar-refractivity contribution is -0.137. The molecule has 5 nitrogen and oxygen atoms in total. The van der Waals surface area contributed by atoms with Crippen molar-refractivity contribution in [2.75, 3.05) is 25.1 Å². The predicted molar refractivity (Wildman–Crippen MR) is 92.3 cm³/mol. The van der Waals surface area contributed by atoms with E-state index in [0.29, 0.717) is 12.5 Å². The molecule has 0 unspecified atom stereocenters. The monoisotopic (exact) mass is 356 g/mol. The zero-order valence-corrected chi connectivity index (χ0v) is 15.3. The van der Waals surface area contributed by atoms with E-state index in [4.69, 9.17) is 0 Å². The SMILES string of the molecule is C[C@H](C(=O)N(C)[C@@H]1CCS(=O)(=O)C1)N1CCC[C@H]1c1ccsc1. The molecule has 3 rings (SSSR count). The highest BCUT2D eigenvalue weighted by Crippen LogP contribution is 2.35. The fraction of sp³-hybridized carbons (Fsp3) is 0.688. The maximum Gasteiger partial charge on any atom is 0.239 e. The van der Waals surface area contributed by atoms with Crippen molar-refractivity contribution in [1.82, 2.24) is 9.80 Å². The van der Waals surface area contributed by atoms with Crippen LogP contribution in [0.4, 0.5) is 0 Å². The zero-order chi connectivity index (χ0) is 16.6. The van der Waals surface area contributed by atoms with Gasteiger partial charge in [0.1, 0.15) is 0 Å². The van der Waals surface area contributed by atoms with E-state index in [1.54, 1.807) is 23.3 Å². The van der Waals surface area contributed by atoms with Gasteiger partial charge in [0.05, 0.1) is 17.5 Å². The third kappa shape index (κ3) is 3.46. The van der Waals surface area contributed by atoms with E-state index in [2.05, 4.69) is 21.7 Å². The zero-order valence-electron chi connectivity index (χ0n) is 13.6. The van der Waals surface area contributed by atoms with Gasteiger partial charge in [0.2, 0.25) is 5.91 Å². The van der Waals surface area contributed by atoms with Crippen molar-refractivity contribution in [1.29, 1.82) is 0 Å². The standard InChI is InChI=1S/C16H24N2O3S2/c1-12(16(19)17(2)14-6-9-23(20,21)11-14)18-7-3-4-15(18)13-5-8-22-10-13/h5,8,10,12,14-15H,3-4,6-7,9,11H2,1-2H3/t12-,14-,15+/m1/s1. The molecule has 2 aliphatic heterocycles. The first-order chi connectivity index (χ1) is 10.9. The summed E-state index contributed by atoms with van der Waals surface area (Å²) in [6.45, 7) is 2.87. The normalized spacial score (nSPS) is 28.8. The minimum atomic E-state index is -2.97. The van der Waals surface area contributed by atoms with Crippen molar-refractivity contribution in [3.05, 3.63) is 22.4 Å². The lowest BCUT2D eigenvalue weighted by Gasteiger charge is -2.34. The average Bonchev–Trinajstić information content (AvgIpc) is 3.23. The first kappa shape index (κ1) is 16.9. The smallest absolute Gasteiger partial charge is 0.239 e. The van der Waals surface area contributed by atoms with Crippen LogP contribution >= 0.6 is 11.3 Å². The van der Waals surface area contributed by atoms with Crippen LogP contribution in [-0.2, 0) is 14.6 Å².